The summed E-state index contributed by atoms with van der Waals surface area (Å²) in [5.41, 5.74) is 2.13. The lowest BCUT2D eigenvalue weighted by Gasteiger charge is -1.93. The molecule has 0 radical (unpaired) electrons. The molecule has 0 aliphatic heterocycles. The third-order valence-corrected chi connectivity index (χ3v) is 3.92. The van der Waals surface area contributed by atoms with Crippen LogP contribution in [0.3, 0.4) is 0 Å². The Morgan fingerprint density at radius 2 is 1.52 bits per heavy atom. The Morgan fingerprint density at radius 3 is 2.13 bits per heavy atom. The highest BCUT2D eigenvalue weighted by Gasteiger charge is 2.15. The van der Waals surface area contributed by atoms with Crippen LogP contribution in [-0.4, -0.2) is 23.4 Å². The molecule has 0 atom stereocenters. The first-order chi connectivity index (χ1) is 11.4. The van der Waals surface area contributed by atoms with Crippen molar-refractivity contribution in [2.24, 2.45) is 10.2 Å². The molecule has 2 aromatic carbocycles. The largest absolute Gasteiger partial charge is 0.368 e. The number of hydrogen-bond acceptors (Lipinski definition) is 3. The highest BCUT2D eigenvalue weighted by molar-refractivity contribution is 7.98. The Bertz CT molecular complexity index is 741. The number of nitrogens with zero attached hydrogens (tertiary/aromatic N) is 4. The summed E-state index contributed by atoms with van der Waals surface area (Å²) in [6, 6.07) is 20.1. The molecule has 4 nitrogen and oxygen atoms in total. The minimum absolute atomic E-state index is 0.935. The van der Waals surface area contributed by atoms with Gasteiger partial charge in [0.2, 0.25) is 0 Å². The zero-order chi connectivity index (χ0) is 15.9. The fraction of sp³-hybridized carbons (Fsp3) is 0.0556. The fourth-order valence-electron chi connectivity index (χ4n) is 2.06. The number of thioether (sulfide) groups is 1. The molecule has 0 aliphatic rings. The van der Waals surface area contributed by atoms with E-state index in [4.69, 9.17) is 0 Å². The first kappa shape index (κ1) is 15.2. The van der Waals surface area contributed by atoms with Gasteiger partial charge in [0.25, 0.3) is 0 Å². The Kier molecular flexibility index (Phi) is 5.01. The molecular weight excluding hydrogens is 304 g/mol. The second-order valence-corrected chi connectivity index (χ2v) is 5.56. The Morgan fingerprint density at radius 1 is 0.913 bits per heavy atom. The number of rotatable bonds is 5. The van der Waals surface area contributed by atoms with Crippen LogP contribution in [0.4, 0.5) is 0 Å². The van der Waals surface area contributed by atoms with Crippen molar-refractivity contribution in [1.82, 2.24) is 4.68 Å². The van der Waals surface area contributed by atoms with Crippen LogP contribution in [0.15, 0.2) is 88.4 Å². The Balaban J connectivity index is 1.82. The van der Waals surface area contributed by atoms with Gasteiger partial charge in [0, 0.05) is 0 Å². The molecule has 114 valence electrons. The first-order valence-electron chi connectivity index (χ1n) is 7.22. The summed E-state index contributed by atoms with van der Waals surface area (Å²) in [6.07, 6.45) is 9.48. The summed E-state index contributed by atoms with van der Waals surface area (Å²) in [7, 11) is 0. The monoisotopic (exact) mass is 321 g/mol. The SMILES string of the molecule is CSc1n(/N=C/c2ccccc2)cc[n+]1/N=C/c1ccccc1. The van der Waals surface area contributed by atoms with Crippen LogP contribution in [0, 0.1) is 0 Å². The third-order valence-electron chi connectivity index (χ3n) is 3.19. The van der Waals surface area contributed by atoms with Crippen LogP contribution < -0.4 is 4.68 Å². The van der Waals surface area contributed by atoms with E-state index in [1.165, 1.54) is 0 Å². The molecule has 0 saturated heterocycles. The molecular formula is C18H17N4S+. The molecule has 0 N–H and O–H groups in total. The molecule has 0 amide bonds. The van der Waals surface area contributed by atoms with Crippen molar-refractivity contribution in [3.05, 3.63) is 84.2 Å². The van der Waals surface area contributed by atoms with E-state index in [2.05, 4.69) is 10.2 Å². The second kappa shape index (κ2) is 7.56. The van der Waals surface area contributed by atoms with Crippen LogP contribution in [0.5, 0.6) is 0 Å². The molecule has 23 heavy (non-hydrogen) atoms. The predicted octanol–water partition coefficient (Wildman–Crippen LogP) is 3.26. The van der Waals surface area contributed by atoms with E-state index in [9.17, 15) is 0 Å². The van der Waals surface area contributed by atoms with E-state index in [0.717, 1.165) is 16.3 Å². The number of imidazole rings is 1. The molecule has 0 fully saturated rings. The van der Waals surface area contributed by atoms with E-state index < -0.39 is 0 Å². The van der Waals surface area contributed by atoms with Gasteiger partial charge in [-0.15, -0.1) is 0 Å². The van der Waals surface area contributed by atoms with Crippen LogP contribution in [-0.2, 0) is 0 Å². The van der Waals surface area contributed by atoms with Crippen LogP contribution in [0.2, 0.25) is 0 Å². The van der Waals surface area contributed by atoms with Gasteiger partial charge >= 0.3 is 5.16 Å². The second-order valence-electron chi connectivity index (χ2n) is 4.78. The summed E-state index contributed by atoms with van der Waals surface area (Å²) >= 11 is 1.60. The highest BCUT2D eigenvalue weighted by atomic mass is 32.2. The maximum atomic E-state index is 4.50. The summed E-state index contributed by atoms with van der Waals surface area (Å²) in [5, 5.41) is 9.93. The average Bonchev–Trinajstić information content (AvgIpc) is 3.02. The molecule has 1 heterocycles. The van der Waals surface area contributed by atoms with Crippen molar-refractivity contribution >= 4 is 24.2 Å². The molecule has 0 spiro atoms. The molecule has 3 rings (SSSR count). The zero-order valence-electron chi connectivity index (χ0n) is 12.8. The molecule has 3 aromatic rings. The predicted molar refractivity (Wildman–Crippen MR) is 95.3 cm³/mol. The van der Waals surface area contributed by atoms with Gasteiger partial charge in [0.15, 0.2) is 12.4 Å². The highest BCUT2D eigenvalue weighted by Crippen LogP contribution is 2.10. The van der Waals surface area contributed by atoms with Crippen molar-refractivity contribution in [3.8, 4) is 0 Å². The Labute approximate surface area is 139 Å². The number of hydrogen-bond donors (Lipinski definition) is 0. The van der Waals surface area contributed by atoms with Crippen molar-refractivity contribution in [3.63, 3.8) is 0 Å². The van der Waals surface area contributed by atoms with Crippen molar-refractivity contribution in [2.75, 3.05) is 6.26 Å². The van der Waals surface area contributed by atoms with E-state index in [1.807, 2.05) is 101 Å². The Hall–Kier alpha value is -2.66. The quantitative estimate of drug-likeness (QED) is 0.403. The van der Waals surface area contributed by atoms with Gasteiger partial charge in [0.1, 0.15) is 0 Å². The van der Waals surface area contributed by atoms with Gasteiger partial charge in [-0.1, -0.05) is 80.2 Å². The van der Waals surface area contributed by atoms with Crippen LogP contribution in [0.1, 0.15) is 11.1 Å². The lowest BCUT2D eigenvalue weighted by atomic mass is 10.2. The summed E-state index contributed by atoms with van der Waals surface area (Å²) in [6.45, 7) is 0. The lowest BCUT2D eigenvalue weighted by Crippen LogP contribution is -2.28. The van der Waals surface area contributed by atoms with Gasteiger partial charge in [-0.05, 0) is 29.1 Å². The maximum Gasteiger partial charge on any atom is 0.368 e. The van der Waals surface area contributed by atoms with Gasteiger partial charge < -0.3 is 0 Å². The van der Waals surface area contributed by atoms with E-state index in [0.29, 0.717) is 0 Å². The fourth-order valence-corrected chi connectivity index (χ4v) is 2.65. The standard InChI is InChI=1S/C18H17N4S/c1-23-18-21(19-14-16-8-4-2-5-9-16)12-13-22(18)20-15-17-10-6-3-7-11-17/h2-15H,1H3/q+1/b19-14+,20-15+. The topological polar surface area (TPSA) is 33.5 Å². The third kappa shape index (κ3) is 3.96. The van der Waals surface area contributed by atoms with Crippen LogP contribution >= 0.6 is 11.8 Å². The van der Waals surface area contributed by atoms with E-state index in [1.54, 1.807) is 11.8 Å². The summed E-state index contributed by atoms with van der Waals surface area (Å²) in [4.78, 5) is 0. The summed E-state index contributed by atoms with van der Waals surface area (Å²) < 4.78 is 3.64. The van der Waals surface area contributed by atoms with Gasteiger partial charge in [-0.25, -0.2) is 0 Å². The van der Waals surface area contributed by atoms with Gasteiger partial charge in [0.05, 0.1) is 12.4 Å². The smallest absolute Gasteiger partial charge is 0.0932 e. The summed E-state index contributed by atoms with van der Waals surface area (Å²) in [5.74, 6) is 0. The molecule has 0 bridgehead atoms. The van der Waals surface area contributed by atoms with E-state index >= 15 is 0 Å². The van der Waals surface area contributed by atoms with Gasteiger partial charge in [-0.2, -0.15) is 0 Å². The maximum absolute atomic E-state index is 4.50. The average molecular weight is 321 g/mol. The van der Waals surface area contributed by atoms with Crippen molar-refractivity contribution in [1.29, 1.82) is 0 Å². The van der Waals surface area contributed by atoms with Crippen molar-refractivity contribution in [2.45, 2.75) is 5.16 Å². The lowest BCUT2D eigenvalue weighted by molar-refractivity contribution is -0.715. The van der Waals surface area contributed by atoms with Gasteiger partial charge in [-0.3, -0.25) is 0 Å². The number of benzene rings is 2. The molecule has 1 aromatic heterocycles. The molecule has 5 heteroatoms. The minimum atomic E-state index is 0.935. The molecule has 0 saturated carbocycles. The van der Waals surface area contributed by atoms with Crippen molar-refractivity contribution < 1.29 is 4.68 Å². The molecule has 0 unspecified atom stereocenters. The van der Waals surface area contributed by atoms with E-state index in [-0.39, 0.29) is 0 Å². The molecule has 0 aliphatic carbocycles. The zero-order valence-corrected chi connectivity index (χ0v) is 13.6. The van der Waals surface area contributed by atoms with Crippen LogP contribution in [0.25, 0.3) is 0 Å². The minimum Gasteiger partial charge on any atom is -0.0932 e. The normalized spacial score (nSPS) is 11.5. The number of aromatic nitrogens is 2. The first-order valence-corrected chi connectivity index (χ1v) is 8.45.